The zero-order chi connectivity index (χ0) is 12.3. The second kappa shape index (κ2) is 5.87. The van der Waals surface area contributed by atoms with Crippen LogP contribution in [0.5, 0.6) is 0 Å². The summed E-state index contributed by atoms with van der Waals surface area (Å²) >= 11 is 2.04. The predicted octanol–water partition coefficient (Wildman–Crippen LogP) is 3.68. The van der Waals surface area contributed by atoms with Crippen LogP contribution in [0.25, 0.3) is 0 Å². The molecule has 0 spiro atoms. The topological polar surface area (TPSA) is 12.0 Å². The van der Waals surface area contributed by atoms with Crippen molar-refractivity contribution in [1.82, 2.24) is 5.32 Å². The maximum atomic E-state index is 13.1. The van der Waals surface area contributed by atoms with Crippen LogP contribution in [0.2, 0.25) is 0 Å². The summed E-state index contributed by atoms with van der Waals surface area (Å²) in [5.41, 5.74) is 2.32. The van der Waals surface area contributed by atoms with E-state index in [9.17, 15) is 4.39 Å². The van der Waals surface area contributed by atoms with E-state index in [4.69, 9.17) is 0 Å². The van der Waals surface area contributed by atoms with Gasteiger partial charge in [-0.05, 0) is 55.3 Å². The van der Waals surface area contributed by atoms with Crippen molar-refractivity contribution in [3.63, 3.8) is 0 Å². The van der Waals surface area contributed by atoms with Gasteiger partial charge in [0.25, 0.3) is 0 Å². The van der Waals surface area contributed by atoms with Gasteiger partial charge in [-0.25, -0.2) is 4.39 Å². The van der Waals surface area contributed by atoms with Gasteiger partial charge in [-0.1, -0.05) is 13.0 Å². The molecule has 3 heteroatoms. The second-order valence-corrected chi connectivity index (χ2v) is 5.93. The van der Waals surface area contributed by atoms with E-state index in [1.165, 1.54) is 24.2 Å². The molecule has 0 saturated carbocycles. The third-order valence-electron chi connectivity index (χ3n) is 3.33. The van der Waals surface area contributed by atoms with E-state index < -0.39 is 0 Å². The Bertz CT molecular complexity index is 374. The molecule has 1 aliphatic heterocycles. The molecule has 0 aromatic heterocycles. The van der Waals surface area contributed by atoms with Gasteiger partial charge in [-0.15, -0.1) is 0 Å². The van der Waals surface area contributed by atoms with Gasteiger partial charge in [0.1, 0.15) is 5.82 Å². The molecule has 1 aromatic rings. The standard InChI is InChI=1S/C14H20FNS/c1-3-16-14(13-5-4-8-17-13)12-7-6-11(15)9-10(12)2/h6-7,9,13-14,16H,3-5,8H2,1-2H3. The van der Waals surface area contributed by atoms with E-state index in [1.54, 1.807) is 12.1 Å². The number of hydrogen-bond acceptors (Lipinski definition) is 2. The average molecular weight is 253 g/mol. The molecule has 2 atom stereocenters. The molecule has 1 N–H and O–H groups in total. The van der Waals surface area contributed by atoms with E-state index in [0.29, 0.717) is 11.3 Å². The van der Waals surface area contributed by atoms with Crippen LogP contribution in [0, 0.1) is 12.7 Å². The Morgan fingerprint density at radius 3 is 2.94 bits per heavy atom. The van der Waals surface area contributed by atoms with Crippen LogP contribution in [0.1, 0.15) is 36.9 Å². The number of nitrogens with one attached hydrogen (secondary N) is 1. The Morgan fingerprint density at radius 2 is 2.35 bits per heavy atom. The lowest BCUT2D eigenvalue weighted by atomic mass is 9.96. The summed E-state index contributed by atoms with van der Waals surface area (Å²) in [7, 11) is 0. The minimum Gasteiger partial charge on any atom is -0.309 e. The minimum atomic E-state index is -0.138. The number of halogens is 1. The van der Waals surface area contributed by atoms with Crippen LogP contribution in [-0.4, -0.2) is 17.5 Å². The SMILES string of the molecule is CCNC(c1ccc(F)cc1C)C1CCCS1. The molecule has 94 valence electrons. The van der Waals surface area contributed by atoms with Crippen molar-refractivity contribution >= 4 is 11.8 Å². The molecule has 0 radical (unpaired) electrons. The Hall–Kier alpha value is -0.540. The molecule has 17 heavy (non-hydrogen) atoms. The van der Waals surface area contributed by atoms with Crippen molar-refractivity contribution in [2.75, 3.05) is 12.3 Å². The first kappa shape index (κ1) is 12.9. The van der Waals surface area contributed by atoms with Crippen LogP contribution in [0.15, 0.2) is 18.2 Å². The van der Waals surface area contributed by atoms with Crippen LogP contribution >= 0.6 is 11.8 Å². The number of benzene rings is 1. The van der Waals surface area contributed by atoms with E-state index in [2.05, 4.69) is 12.2 Å². The van der Waals surface area contributed by atoms with E-state index in [0.717, 1.165) is 12.1 Å². The first-order valence-electron chi connectivity index (χ1n) is 6.33. The Labute approximate surface area is 107 Å². The van der Waals surface area contributed by atoms with E-state index in [-0.39, 0.29) is 5.82 Å². The van der Waals surface area contributed by atoms with Crippen LogP contribution in [-0.2, 0) is 0 Å². The molecule has 1 nitrogen and oxygen atoms in total. The van der Waals surface area contributed by atoms with Crippen molar-refractivity contribution in [3.05, 3.63) is 35.1 Å². The Morgan fingerprint density at radius 1 is 1.53 bits per heavy atom. The van der Waals surface area contributed by atoms with Gasteiger partial charge in [0.2, 0.25) is 0 Å². The first-order valence-corrected chi connectivity index (χ1v) is 7.38. The van der Waals surface area contributed by atoms with Gasteiger partial charge in [0.05, 0.1) is 0 Å². The molecule has 0 aliphatic carbocycles. The van der Waals surface area contributed by atoms with Crippen molar-refractivity contribution < 1.29 is 4.39 Å². The van der Waals surface area contributed by atoms with Gasteiger partial charge >= 0.3 is 0 Å². The Balaban J connectivity index is 2.24. The summed E-state index contributed by atoms with van der Waals surface area (Å²) in [6.07, 6.45) is 2.57. The summed E-state index contributed by atoms with van der Waals surface area (Å²) in [4.78, 5) is 0. The molecule has 1 aliphatic rings. The zero-order valence-corrected chi connectivity index (χ0v) is 11.3. The molecule has 1 heterocycles. The third kappa shape index (κ3) is 3.02. The van der Waals surface area contributed by atoms with Crippen molar-refractivity contribution in [2.45, 2.75) is 38.0 Å². The number of hydrogen-bond donors (Lipinski definition) is 1. The molecular formula is C14H20FNS. The third-order valence-corrected chi connectivity index (χ3v) is 4.79. The van der Waals surface area contributed by atoms with E-state index >= 15 is 0 Å². The lowest BCUT2D eigenvalue weighted by Gasteiger charge is -2.25. The monoisotopic (exact) mass is 253 g/mol. The highest BCUT2D eigenvalue weighted by atomic mass is 32.2. The number of rotatable bonds is 4. The lowest BCUT2D eigenvalue weighted by molar-refractivity contribution is 0.515. The highest BCUT2D eigenvalue weighted by Crippen LogP contribution is 2.37. The van der Waals surface area contributed by atoms with Crippen molar-refractivity contribution in [2.24, 2.45) is 0 Å². The molecule has 2 rings (SSSR count). The van der Waals surface area contributed by atoms with Crippen molar-refractivity contribution in [1.29, 1.82) is 0 Å². The molecular weight excluding hydrogens is 233 g/mol. The fraction of sp³-hybridized carbons (Fsp3) is 0.571. The Kier molecular flexibility index (Phi) is 4.46. The molecule has 0 bridgehead atoms. The summed E-state index contributed by atoms with van der Waals surface area (Å²) in [5, 5.41) is 4.20. The molecule has 1 saturated heterocycles. The fourth-order valence-electron chi connectivity index (χ4n) is 2.52. The first-order chi connectivity index (χ1) is 8.22. The van der Waals surface area contributed by atoms with E-state index in [1.807, 2.05) is 24.8 Å². The summed E-state index contributed by atoms with van der Waals surface area (Å²) in [6.45, 7) is 5.09. The van der Waals surface area contributed by atoms with Gasteiger partial charge in [-0.2, -0.15) is 11.8 Å². The fourth-order valence-corrected chi connectivity index (χ4v) is 3.92. The molecule has 1 aromatic carbocycles. The second-order valence-electron chi connectivity index (χ2n) is 4.59. The van der Waals surface area contributed by atoms with Crippen molar-refractivity contribution in [3.8, 4) is 0 Å². The normalized spacial score (nSPS) is 21.7. The smallest absolute Gasteiger partial charge is 0.123 e. The lowest BCUT2D eigenvalue weighted by Crippen LogP contribution is -2.29. The number of aryl methyl sites for hydroxylation is 1. The van der Waals surface area contributed by atoms with Crippen LogP contribution in [0.4, 0.5) is 4.39 Å². The van der Waals surface area contributed by atoms with Gasteiger partial charge in [0.15, 0.2) is 0 Å². The molecule has 0 amide bonds. The average Bonchev–Trinajstić information content (AvgIpc) is 2.80. The molecule has 2 unspecified atom stereocenters. The van der Waals surface area contributed by atoms with Gasteiger partial charge in [-0.3, -0.25) is 0 Å². The summed E-state index contributed by atoms with van der Waals surface area (Å²) in [5.74, 6) is 1.12. The summed E-state index contributed by atoms with van der Waals surface area (Å²) < 4.78 is 13.1. The molecule has 1 fully saturated rings. The van der Waals surface area contributed by atoms with Gasteiger partial charge in [0, 0.05) is 11.3 Å². The minimum absolute atomic E-state index is 0.138. The highest BCUT2D eigenvalue weighted by molar-refractivity contribution is 8.00. The number of thioether (sulfide) groups is 1. The van der Waals surface area contributed by atoms with Crippen LogP contribution in [0.3, 0.4) is 0 Å². The highest BCUT2D eigenvalue weighted by Gasteiger charge is 2.27. The quantitative estimate of drug-likeness (QED) is 0.878. The van der Waals surface area contributed by atoms with Gasteiger partial charge < -0.3 is 5.32 Å². The van der Waals surface area contributed by atoms with Crippen LogP contribution < -0.4 is 5.32 Å². The maximum Gasteiger partial charge on any atom is 0.123 e. The maximum absolute atomic E-state index is 13.1. The predicted molar refractivity (Wildman–Crippen MR) is 73.0 cm³/mol. The largest absolute Gasteiger partial charge is 0.309 e. The zero-order valence-electron chi connectivity index (χ0n) is 10.5. The summed E-state index contributed by atoms with van der Waals surface area (Å²) in [6, 6.07) is 5.52.